The Bertz CT molecular complexity index is 430. The average Bonchev–Trinajstić information content (AvgIpc) is 2.90. The standard InChI is InChI=1S/C12H16N2O3S2/c15-11(16)10(9-4-2-6-19-9)14-12(17)13-8-3-1-5-18-7-8/h2,4,6,8,10H,1,3,5,7H2,(H,15,16)(H2,13,14,17). The monoisotopic (exact) mass is 300 g/mol. The molecule has 1 fully saturated rings. The lowest BCUT2D eigenvalue weighted by atomic mass is 10.2. The van der Waals surface area contributed by atoms with Gasteiger partial charge >= 0.3 is 12.0 Å². The van der Waals surface area contributed by atoms with Crippen LogP contribution in [0.5, 0.6) is 0 Å². The normalized spacial score (nSPS) is 20.5. The Morgan fingerprint density at radius 3 is 2.89 bits per heavy atom. The lowest BCUT2D eigenvalue weighted by Gasteiger charge is -2.23. The molecular formula is C12H16N2O3S2. The SMILES string of the molecule is O=C(NC1CCCSC1)NC(C(=O)O)c1cccs1. The van der Waals surface area contributed by atoms with Crippen molar-refractivity contribution in [3.05, 3.63) is 22.4 Å². The van der Waals surface area contributed by atoms with Gasteiger partial charge in [0.1, 0.15) is 0 Å². The van der Waals surface area contributed by atoms with Gasteiger partial charge in [-0.3, -0.25) is 0 Å². The molecule has 2 amide bonds. The highest BCUT2D eigenvalue weighted by Crippen LogP contribution is 2.20. The summed E-state index contributed by atoms with van der Waals surface area (Å²) >= 11 is 3.13. The molecule has 2 unspecified atom stereocenters. The van der Waals surface area contributed by atoms with E-state index < -0.39 is 18.0 Å². The maximum absolute atomic E-state index is 11.8. The van der Waals surface area contributed by atoms with Crippen molar-refractivity contribution in [1.82, 2.24) is 10.6 Å². The lowest BCUT2D eigenvalue weighted by Crippen LogP contribution is -2.46. The van der Waals surface area contributed by atoms with Crippen LogP contribution in [0.3, 0.4) is 0 Å². The van der Waals surface area contributed by atoms with Crippen LogP contribution in [-0.2, 0) is 4.79 Å². The van der Waals surface area contributed by atoms with Crippen molar-refractivity contribution in [1.29, 1.82) is 0 Å². The van der Waals surface area contributed by atoms with E-state index in [1.54, 1.807) is 17.5 Å². The Morgan fingerprint density at radius 1 is 1.47 bits per heavy atom. The third kappa shape index (κ3) is 4.14. The highest BCUT2D eigenvalue weighted by molar-refractivity contribution is 7.99. The van der Waals surface area contributed by atoms with E-state index in [2.05, 4.69) is 10.6 Å². The molecule has 2 heterocycles. The Balaban J connectivity index is 1.90. The molecule has 1 aromatic heterocycles. The molecule has 0 spiro atoms. The predicted octanol–water partition coefficient (Wildman–Crippen LogP) is 2.07. The molecule has 0 bridgehead atoms. The van der Waals surface area contributed by atoms with E-state index in [0.29, 0.717) is 4.88 Å². The third-order valence-electron chi connectivity index (χ3n) is 2.85. The molecule has 2 atom stereocenters. The Labute approximate surface area is 119 Å². The number of urea groups is 1. The average molecular weight is 300 g/mol. The van der Waals surface area contributed by atoms with Crippen LogP contribution in [0.1, 0.15) is 23.8 Å². The van der Waals surface area contributed by atoms with Crippen molar-refractivity contribution in [2.45, 2.75) is 24.9 Å². The molecule has 104 valence electrons. The third-order valence-corrected chi connectivity index (χ3v) is 5.00. The van der Waals surface area contributed by atoms with Crippen molar-refractivity contribution in [2.24, 2.45) is 0 Å². The maximum Gasteiger partial charge on any atom is 0.331 e. The number of thiophene rings is 1. The zero-order chi connectivity index (χ0) is 13.7. The summed E-state index contributed by atoms with van der Waals surface area (Å²) in [6.07, 6.45) is 2.04. The van der Waals surface area contributed by atoms with Crippen LogP contribution in [0.4, 0.5) is 4.79 Å². The quantitative estimate of drug-likeness (QED) is 0.795. The highest BCUT2D eigenvalue weighted by Gasteiger charge is 2.24. The number of carboxylic acid groups (broad SMARTS) is 1. The molecule has 5 nitrogen and oxygen atoms in total. The molecule has 3 N–H and O–H groups in total. The van der Waals surface area contributed by atoms with Gasteiger partial charge in [0, 0.05) is 16.7 Å². The van der Waals surface area contributed by atoms with E-state index in [1.165, 1.54) is 11.3 Å². The van der Waals surface area contributed by atoms with Crippen LogP contribution in [0.2, 0.25) is 0 Å². The Kier molecular flexibility index (Phi) is 5.09. The minimum Gasteiger partial charge on any atom is -0.479 e. The van der Waals surface area contributed by atoms with Crippen LogP contribution in [0, 0.1) is 0 Å². The van der Waals surface area contributed by atoms with Crippen molar-refractivity contribution < 1.29 is 14.7 Å². The van der Waals surface area contributed by atoms with E-state index in [1.807, 2.05) is 11.8 Å². The Morgan fingerprint density at radius 2 is 2.32 bits per heavy atom. The number of thioether (sulfide) groups is 1. The molecule has 7 heteroatoms. The van der Waals surface area contributed by atoms with Crippen molar-refractivity contribution in [3.8, 4) is 0 Å². The summed E-state index contributed by atoms with van der Waals surface area (Å²) in [6.45, 7) is 0. The number of nitrogens with one attached hydrogen (secondary N) is 2. The first-order valence-electron chi connectivity index (χ1n) is 6.08. The van der Waals surface area contributed by atoms with E-state index in [0.717, 1.165) is 24.3 Å². The molecule has 1 aromatic rings. The van der Waals surface area contributed by atoms with Crippen LogP contribution < -0.4 is 10.6 Å². The van der Waals surface area contributed by atoms with Crippen molar-refractivity contribution >= 4 is 35.1 Å². The number of aliphatic carboxylic acids is 1. The highest BCUT2D eigenvalue weighted by atomic mass is 32.2. The van der Waals surface area contributed by atoms with Crippen molar-refractivity contribution in [3.63, 3.8) is 0 Å². The van der Waals surface area contributed by atoms with E-state index in [-0.39, 0.29) is 6.04 Å². The summed E-state index contributed by atoms with van der Waals surface area (Å²) in [5, 5.41) is 16.3. The fourth-order valence-corrected chi connectivity index (χ4v) is 3.76. The second-order valence-corrected chi connectivity index (χ2v) is 6.45. The topological polar surface area (TPSA) is 78.4 Å². The largest absolute Gasteiger partial charge is 0.479 e. The molecular weight excluding hydrogens is 284 g/mol. The number of carbonyl (C=O) groups is 2. The summed E-state index contributed by atoms with van der Waals surface area (Å²) in [5.41, 5.74) is 0. The molecule has 1 saturated heterocycles. The molecule has 0 aliphatic carbocycles. The molecule has 1 aliphatic rings. The minimum atomic E-state index is -1.05. The molecule has 1 aliphatic heterocycles. The maximum atomic E-state index is 11.8. The second-order valence-electron chi connectivity index (χ2n) is 4.32. The fourth-order valence-electron chi connectivity index (χ4n) is 1.92. The Hall–Kier alpha value is -1.21. The molecule has 2 rings (SSSR count). The second kappa shape index (κ2) is 6.81. The van der Waals surface area contributed by atoms with E-state index in [9.17, 15) is 9.59 Å². The van der Waals surface area contributed by atoms with Gasteiger partial charge in [0.2, 0.25) is 0 Å². The number of amides is 2. The van der Waals surface area contributed by atoms with Gasteiger partial charge in [-0.05, 0) is 30.0 Å². The van der Waals surface area contributed by atoms with Gasteiger partial charge in [-0.1, -0.05) is 6.07 Å². The summed E-state index contributed by atoms with van der Waals surface area (Å²) in [4.78, 5) is 23.6. The number of carboxylic acids is 1. The first-order chi connectivity index (χ1) is 9.16. The van der Waals surface area contributed by atoms with Gasteiger partial charge in [0.15, 0.2) is 6.04 Å². The van der Waals surface area contributed by atoms with Crippen LogP contribution in [0.15, 0.2) is 17.5 Å². The number of hydrogen-bond donors (Lipinski definition) is 3. The van der Waals surface area contributed by atoms with Crippen LogP contribution in [0.25, 0.3) is 0 Å². The van der Waals surface area contributed by atoms with E-state index >= 15 is 0 Å². The van der Waals surface area contributed by atoms with Gasteiger partial charge in [-0.25, -0.2) is 9.59 Å². The summed E-state index contributed by atoms with van der Waals surface area (Å²) in [5.74, 6) is 0.979. The van der Waals surface area contributed by atoms with Gasteiger partial charge in [-0.2, -0.15) is 11.8 Å². The number of rotatable bonds is 4. The lowest BCUT2D eigenvalue weighted by molar-refractivity contribution is -0.139. The van der Waals surface area contributed by atoms with Crippen molar-refractivity contribution in [2.75, 3.05) is 11.5 Å². The summed E-state index contributed by atoms with van der Waals surface area (Å²) in [6, 6.07) is 2.23. The first kappa shape index (κ1) is 14.2. The zero-order valence-corrected chi connectivity index (χ0v) is 11.9. The minimum absolute atomic E-state index is 0.136. The van der Waals surface area contributed by atoms with Gasteiger partial charge < -0.3 is 15.7 Å². The molecule has 0 aromatic carbocycles. The smallest absolute Gasteiger partial charge is 0.331 e. The summed E-state index contributed by atoms with van der Waals surface area (Å²) < 4.78 is 0. The predicted molar refractivity (Wildman–Crippen MR) is 76.7 cm³/mol. The molecule has 0 saturated carbocycles. The van der Waals surface area contributed by atoms with Gasteiger partial charge in [0.05, 0.1) is 0 Å². The first-order valence-corrected chi connectivity index (χ1v) is 8.11. The van der Waals surface area contributed by atoms with Gasteiger partial charge in [0.25, 0.3) is 0 Å². The molecule has 19 heavy (non-hydrogen) atoms. The summed E-state index contributed by atoms with van der Waals surface area (Å²) in [7, 11) is 0. The fraction of sp³-hybridized carbons (Fsp3) is 0.500. The molecule has 0 radical (unpaired) electrons. The van der Waals surface area contributed by atoms with Crippen LogP contribution >= 0.6 is 23.1 Å². The van der Waals surface area contributed by atoms with E-state index in [4.69, 9.17) is 5.11 Å². The zero-order valence-electron chi connectivity index (χ0n) is 10.3. The van der Waals surface area contributed by atoms with Gasteiger partial charge in [-0.15, -0.1) is 11.3 Å². The number of carbonyl (C=O) groups excluding carboxylic acids is 1. The number of hydrogen-bond acceptors (Lipinski definition) is 4. The van der Waals surface area contributed by atoms with Crippen LogP contribution in [-0.4, -0.2) is 34.7 Å².